The predicted octanol–water partition coefficient (Wildman–Crippen LogP) is 3.19. The zero-order valence-corrected chi connectivity index (χ0v) is 10.2. The number of hydrogen-bond donors (Lipinski definition) is 0. The number of halogens is 2. The van der Waals surface area contributed by atoms with Crippen molar-refractivity contribution in [1.82, 2.24) is 4.98 Å². The highest BCUT2D eigenvalue weighted by Gasteiger charge is 2.25. The van der Waals surface area contributed by atoms with Gasteiger partial charge in [0.1, 0.15) is 0 Å². The van der Waals surface area contributed by atoms with Crippen LogP contribution in [0.4, 0.5) is 5.69 Å². The van der Waals surface area contributed by atoms with E-state index >= 15 is 0 Å². The van der Waals surface area contributed by atoms with Gasteiger partial charge in [-0.1, -0.05) is 18.5 Å². The summed E-state index contributed by atoms with van der Waals surface area (Å²) in [4.78, 5) is 6.27. The topological polar surface area (TPSA) is 16.1 Å². The molecule has 1 aliphatic rings. The summed E-state index contributed by atoms with van der Waals surface area (Å²) in [6.45, 7) is 4.12. The first kappa shape index (κ1) is 11.0. The molecule has 1 aliphatic heterocycles. The summed E-state index contributed by atoms with van der Waals surface area (Å²) in [6, 6.07) is 1.96. The zero-order chi connectivity index (χ0) is 10.8. The lowest BCUT2D eigenvalue weighted by Crippen LogP contribution is -2.40. The van der Waals surface area contributed by atoms with Gasteiger partial charge in [-0.3, -0.25) is 4.98 Å². The Hall–Kier alpha value is -0.470. The van der Waals surface area contributed by atoms with Crippen LogP contribution in [-0.4, -0.2) is 23.5 Å². The fourth-order valence-electron chi connectivity index (χ4n) is 1.96. The molecule has 0 aromatic carbocycles. The van der Waals surface area contributed by atoms with E-state index in [4.69, 9.17) is 23.2 Å². The second-order valence-electron chi connectivity index (χ2n) is 4.06. The van der Waals surface area contributed by atoms with Crippen LogP contribution in [0.25, 0.3) is 0 Å². The van der Waals surface area contributed by atoms with Gasteiger partial charge >= 0.3 is 0 Å². The van der Waals surface area contributed by atoms with Gasteiger partial charge in [0, 0.05) is 30.9 Å². The molecule has 2 unspecified atom stereocenters. The molecule has 0 amide bonds. The van der Waals surface area contributed by atoms with Crippen molar-refractivity contribution in [2.24, 2.45) is 5.92 Å². The molecule has 2 atom stereocenters. The van der Waals surface area contributed by atoms with Gasteiger partial charge in [-0.15, -0.1) is 11.6 Å². The average molecular weight is 245 g/mol. The Kier molecular flexibility index (Phi) is 3.37. The molecular formula is C11H14Cl2N2. The van der Waals surface area contributed by atoms with Gasteiger partial charge in [0.15, 0.2) is 0 Å². The third-order valence-corrected chi connectivity index (χ3v) is 3.83. The molecule has 0 spiro atoms. The third kappa shape index (κ3) is 2.37. The molecule has 1 aromatic rings. The van der Waals surface area contributed by atoms with E-state index in [1.807, 2.05) is 6.07 Å². The number of hydrogen-bond acceptors (Lipinski definition) is 2. The van der Waals surface area contributed by atoms with E-state index in [9.17, 15) is 0 Å². The predicted molar refractivity (Wildman–Crippen MR) is 64.9 cm³/mol. The molecule has 15 heavy (non-hydrogen) atoms. The van der Waals surface area contributed by atoms with Crippen LogP contribution < -0.4 is 4.90 Å². The Morgan fingerprint density at radius 3 is 3.00 bits per heavy atom. The highest BCUT2D eigenvalue weighted by atomic mass is 35.5. The van der Waals surface area contributed by atoms with Gasteiger partial charge in [-0.25, -0.2) is 0 Å². The van der Waals surface area contributed by atoms with Gasteiger partial charge in [0.2, 0.25) is 0 Å². The fourth-order valence-corrected chi connectivity index (χ4v) is 2.38. The van der Waals surface area contributed by atoms with Crippen molar-refractivity contribution in [1.29, 1.82) is 0 Å². The molecule has 2 rings (SSSR count). The first-order chi connectivity index (χ1) is 7.18. The highest BCUT2D eigenvalue weighted by Crippen LogP contribution is 2.30. The molecule has 0 aliphatic carbocycles. The minimum absolute atomic E-state index is 0.293. The summed E-state index contributed by atoms with van der Waals surface area (Å²) in [5.74, 6) is 0.504. The van der Waals surface area contributed by atoms with Crippen molar-refractivity contribution in [3.05, 3.63) is 23.5 Å². The molecule has 1 saturated heterocycles. The lowest BCUT2D eigenvalue weighted by atomic mass is 9.99. The maximum Gasteiger partial charge on any atom is 0.0822 e. The van der Waals surface area contributed by atoms with Crippen LogP contribution in [0.15, 0.2) is 18.5 Å². The molecule has 2 heterocycles. The van der Waals surface area contributed by atoms with E-state index in [0.717, 1.165) is 30.2 Å². The SMILES string of the molecule is CC1CN(c2ccncc2Cl)CCC1Cl. The number of rotatable bonds is 1. The smallest absolute Gasteiger partial charge is 0.0822 e. The minimum atomic E-state index is 0.293. The van der Waals surface area contributed by atoms with Gasteiger partial charge in [-0.05, 0) is 18.4 Å². The number of aromatic nitrogens is 1. The summed E-state index contributed by atoms with van der Waals surface area (Å²) in [7, 11) is 0. The lowest BCUT2D eigenvalue weighted by Gasteiger charge is -2.36. The summed E-state index contributed by atoms with van der Waals surface area (Å²) in [6.07, 6.45) is 4.48. The van der Waals surface area contributed by atoms with Crippen molar-refractivity contribution in [2.45, 2.75) is 18.7 Å². The average Bonchev–Trinajstić information content (AvgIpc) is 2.23. The van der Waals surface area contributed by atoms with Crippen LogP contribution in [0.3, 0.4) is 0 Å². The number of pyridine rings is 1. The van der Waals surface area contributed by atoms with Crippen molar-refractivity contribution in [3.8, 4) is 0 Å². The van der Waals surface area contributed by atoms with E-state index in [2.05, 4.69) is 16.8 Å². The van der Waals surface area contributed by atoms with E-state index < -0.39 is 0 Å². The standard InChI is InChI=1S/C11H14Cl2N2/c1-8-7-15(5-3-9(8)12)11-2-4-14-6-10(11)13/h2,4,6,8-9H,3,5,7H2,1H3. The van der Waals surface area contributed by atoms with Crippen LogP contribution in [0.1, 0.15) is 13.3 Å². The normalized spacial score (nSPS) is 26.7. The van der Waals surface area contributed by atoms with Crippen LogP contribution in [0.2, 0.25) is 5.02 Å². The molecule has 1 aromatic heterocycles. The van der Waals surface area contributed by atoms with Crippen molar-refractivity contribution < 1.29 is 0 Å². The molecular weight excluding hydrogens is 231 g/mol. The summed E-state index contributed by atoms with van der Waals surface area (Å²) < 4.78 is 0. The van der Waals surface area contributed by atoms with E-state index in [0.29, 0.717) is 11.3 Å². The molecule has 0 N–H and O–H groups in total. The first-order valence-corrected chi connectivity index (χ1v) is 5.98. The Labute approximate surface area is 100 Å². The van der Waals surface area contributed by atoms with Gasteiger partial charge in [0.05, 0.1) is 10.7 Å². The Balaban J connectivity index is 2.15. The molecule has 0 saturated carbocycles. The minimum Gasteiger partial charge on any atom is -0.370 e. The second-order valence-corrected chi connectivity index (χ2v) is 5.02. The second kappa shape index (κ2) is 4.58. The maximum absolute atomic E-state index is 6.19. The molecule has 2 nitrogen and oxygen atoms in total. The molecule has 0 bridgehead atoms. The van der Waals surface area contributed by atoms with Gasteiger partial charge < -0.3 is 4.90 Å². The highest BCUT2D eigenvalue weighted by molar-refractivity contribution is 6.33. The molecule has 82 valence electrons. The van der Waals surface area contributed by atoms with Crippen molar-refractivity contribution >= 4 is 28.9 Å². The van der Waals surface area contributed by atoms with Crippen molar-refractivity contribution in [2.75, 3.05) is 18.0 Å². The zero-order valence-electron chi connectivity index (χ0n) is 8.66. The fraction of sp³-hybridized carbons (Fsp3) is 0.545. The van der Waals surface area contributed by atoms with E-state index in [1.165, 1.54) is 0 Å². The lowest BCUT2D eigenvalue weighted by molar-refractivity contribution is 0.454. The molecule has 4 heteroatoms. The molecule has 0 radical (unpaired) electrons. The molecule has 1 fully saturated rings. The van der Waals surface area contributed by atoms with E-state index in [-0.39, 0.29) is 0 Å². The summed E-state index contributed by atoms with van der Waals surface area (Å²) in [5.41, 5.74) is 1.07. The number of alkyl halides is 1. The largest absolute Gasteiger partial charge is 0.370 e. The summed E-state index contributed by atoms with van der Waals surface area (Å²) >= 11 is 12.3. The number of anilines is 1. The van der Waals surface area contributed by atoms with Crippen LogP contribution in [0, 0.1) is 5.92 Å². The van der Waals surface area contributed by atoms with Crippen LogP contribution >= 0.6 is 23.2 Å². The number of piperidine rings is 1. The Morgan fingerprint density at radius 2 is 2.33 bits per heavy atom. The monoisotopic (exact) mass is 244 g/mol. The van der Waals surface area contributed by atoms with Gasteiger partial charge in [-0.2, -0.15) is 0 Å². The Morgan fingerprint density at radius 1 is 1.53 bits per heavy atom. The van der Waals surface area contributed by atoms with Crippen LogP contribution in [0.5, 0.6) is 0 Å². The van der Waals surface area contributed by atoms with Crippen molar-refractivity contribution in [3.63, 3.8) is 0 Å². The van der Waals surface area contributed by atoms with E-state index in [1.54, 1.807) is 12.4 Å². The quantitative estimate of drug-likeness (QED) is 0.706. The summed E-state index contributed by atoms with van der Waals surface area (Å²) in [5, 5.41) is 1.01. The number of nitrogens with zero attached hydrogens (tertiary/aromatic N) is 2. The maximum atomic E-state index is 6.19. The first-order valence-electron chi connectivity index (χ1n) is 5.17. The third-order valence-electron chi connectivity index (χ3n) is 2.89. The van der Waals surface area contributed by atoms with Gasteiger partial charge in [0.25, 0.3) is 0 Å². The van der Waals surface area contributed by atoms with Crippen LogP contribution in [-0.2, 0) is 0 Å². The Bertz CT molecular complexity index is 343.